The Morgan fingerprint density at radius 3 is 1.96 bits per heavy atom. The molecule has 24 heavy (non-hydrogen) atoms. The monoisotopic (exact) mass is 343 g/mol. The van der Waals surface area contributed by atoms with Crippen LogP contribution >= 0.6 is 12.2 Å². The first-order valence-electron chi connectivity index (χ1n) is 8.82. The minimum atomic E-state index is 0.226. The maximum atomic E-state index is 9.50. The van der Waals surface area contributed by atoms with Crippen molar-refractivity contribution in [3.8, 4) is 0 Å². The van der Waals surface area contributed by atoms with Crippen molar-refractivity contribution >= 4 is 36.2 Å². The fourth-order valence-corrected chi connectivity index (χ4v) is 4.23. The number of likely N-dealkylation sites (tertiary alicyclic amines) is 1. The maximum absolute atomic E-state index is 9.50. The molecule has 3 N–H and O–H groups in total. The Hall–Kier alpha value is -1.56. The number of nitrogens with zero attached hydrogens (tertiary/aromatic N) is 2. The standard InChI is InChI=1S/C18H26BN3OS/c19-18(23)22-11-7-14(8-12-22)13-5-9-21(10-6-13)16-3-1-15(2-4-16)17(20)24/h1-4,13-14,19,23H,5-12H2,(H2,20,24). The number of aliphatic hydroxyl groups is 1. The topological polar surface area (TPSA) is 52.7 Å². The van der Waals surface area contributed by atoms with E-state index in [4.69, 9.17) is 18.0 Å². The molecule has 6 heteroatoms. The van der Waals surface area contributed by atoms with E-state index in [1.54, 1.807) is 0 Å². The molecule has 0 saturated carbocycles. The molecule has 0 aliphatic carbocycles. The Kier molecular flexibility index (Phi) is 5.44. The second kappa shape index (κ2) is 7.56. The van der Waals surface area contributed by atoms with E-state index in [9.17, 15) is 5.11 Å². The van der Waals surface area contributed by atoms with E-state index in [2.05, 4.69) is 24.5 Å². The number of anilines is 1. The van der Waals surface area contributed by atoms with Crippen molar-refractivity contribution < 1.29 is 5.11 Å². The van der Waals surface area contributed by atoms with E-state index in [1.807, 2.05) is 17.0 Å². The Balaban J connectivity index is 1.51. The second-order valence-electron chi connectivity index (χ2n) is 6.98. The molecule has 2 saturated heterocycles. The molecule has 2 fully saturated rings. The second-order valence-corrected chi connectivity index (χ2v) is 7.42. The predicted molar refractivity (Wildman–Crippen MR) is 106 cm³/mol. The van der Waals surface area contributed by atoms with Crippen molar-refractivity contribution in [2.75, 3.05) is 31.1 Å². The Bertz CT molecular complexity index is 591. The first-order chi connectivity index (χ1) is 11.5. The minimum absolute atomic E-state index is 0.226. The summed E-state index contributed by atoms with van der Waals surface area (Å²) in [7, 11) is 3.64. The number of nitrogens with two attached hydrogens (primary N) is 1. The molecular formula is C18H26BN3OS. The van der Waals surface area contributed by atoms with Crippen LogP contribution in [-0.4, -0.2) is 54.4 Å². The Labute approximate surface area is 150 Å². The SMILES string of the molecule is B=C(O)N1CCC(C2CCN(c3ccc(C(N)=S)cc3)CC2)CC1. The number of thiocarbonyl (C=S) groups is 1. The summed E-state index contributed by atoms with van der Waals surface area (Å²) in [5.74, 6) is 1.83. The molecule has 0 radical (unpaired) electrons. The van der Waals surface area contributed by atoms with Crippen molar-refractivity contribution in [3.63, 3.8) is 0 Å². The third-order valence-electron chi connectivity index (χ3n) is 5.63. The van der Waals surface area contributed by atoms with E-state index >= 15 is 0 Å². The van der Waals surface area contributed by atoms with Crippen LogP contribution in [0.3, 0.4) is 0 Å². The summed E-state index contributed by atoms with van der Waals surface area (Å²) >= 11 is 5.01. The van der Waals surface area contributed by atoms with Crippen molar-refractivity contribution in [2.24, 2.45) is 17.6 Å². The average Bonchev–Trinajstić information content (AvgIpc) is 2.62. The van der Waals surface area contributed by atoms with Crippen LogP contribution in [0.1, 0.15) is 31.2 Å². The molecule has 0 unspecified atom stereocenters. The summed E-state index contributed by atoms with van der Waals surface area (Å²) in [5, 5.41) is 9.50. The molecule has 0 amide bonds. The summed E-state index contributed by atoms with van der Waals surface area (Å²) in [6.45, 7) is 4.12. The Morgan fingerprint density at radius 1 is 1.00 bits per heavy atom. The van der Waals surface area contributed by atoms with Gasteiger partial charge in [-0.05, 0) is 0 Å². The number of piperidine rings is 2. The fourth-order valence-electron chi connectivity index (χ4n) is 4.09. The van der Waals surface area contributed by atoms with Gasteiger partial charge in [0.1, 0.15) is 4.99 Å². The molecular weight excluding hydrogens is 317 g/mol. The van der Waals surface area contributed by atoms with E-state index in [1.165, 1.54) is 31.4 Å². The van der Waals surface area contributed by atoms with Crippen molar-refractivity contribution in [2.45, 2.75) is 25.7 Å². The molecule has 3 rings (SSSR count). The Morgan fingerprint density at radius 2 is 1.50 bits per heavy atom. The number of hydrogen-bond donors (Lipinski definition) is 2. The molecule has 2 aliphatic rings. The van der Waals surface area contributed by atoms with Crippen molar-refractivity contribution in [1.29, 1.82) is 0 Å². The third kappa shape index (κ3) is 3.91. The van der Waals surface area contributed by atoms with Crippen LogP contribution in [0.2, 0.25) is 0 Å². The van der Waals surface area contributed by atoms with Gasteiger partial charge in [0.15, 0.2) is 0 Å². The van der Waals surface area contributed by atoms with Gasteiger partial charge in [0, 0.05) is 5.56 Å². The quantitative estimate of drug-likeness (QED) is 0.643. The van der Waals surface area contributed by atoms with Gasteiger partial charge in [-0.15, -0.1) is 0 Å². The third-order valence-corrected chi connectivity index (χ3v) is 5.86. The number of benzene rings is 1. The van der Waals surface area contributed by atoms with E-state index < -0.39 is 0 Å². The molecule has 0 aromatic heterocycles. The molecule has 128 valence electrons. The summed E-state index contributed by atoms with van der Waals surface area (Å²) in [5.41, 5.74) is 7.86. The molecule has 1 aromatic carbocycles. The molecule has 1 aromatic rings. The molecule has 2 heterocycles. The zero-order valence-corrected chi connectivity index (χ0v) is 15.0. The van der Waals surface area contributed by atoms with Gasteiger partial charge in [0.25, 0.3) is 0 Å². The van der Waals surface area contributed by atoms with Gasteiger partial charge in [-0.25, -0.2) is 0 Å². The van der Waals surface area contributed by atoms with Gasteiger partial charge in [0.2, 0.25) is 0 Å². The van der Waals surface area contributed by atoms with Crippen LogP contribution < -0.4 is 10.6 Å². The van der Waals surface area contributed by atoms with Gasteiger partial charge in [-0.2, -0.15) is 0 Å². The van der Waals surface area contributed by atoms with Gasteiger partial charge in [0.05, 0.1) is 0 Å². The summed E-state index contributed by atoms with van der Waals surface area (Å²) in [6.07, 6.45) is 4.85. The molecule has 2 aliphatic heterocycles. The van der Waals surface area contributed by atoms with Crippen LogP contribution in [0, 0.1) is 11.8 Å². The number of aliphatic hydroxyl groups excluding tert-OH is 1. The molecule has 4 nitrogen and oxygen atoms in total. The summed E-state index contributed by atoms with van der Waals surface area (Å²) < 4.78 is 0. The van der Waals surface area contributed by atoms with E-state index in [-0.39, 0.29) is 5.77 Å². The summed E-state index contributed by atoms with van der Waals surface area (Å²) in [6, 6.07) is 8.28. The predicted octanol–water partition coefficient (Wildman–Crippen LogP) is 1.61. The fraction of sp³-hybridized carbons (Fsp3) is 0.556. The molecule has 0 spiro atoms. The van der Waals surface area contributed by atoms with Gasteiger partial charge >= 0.3 is 122 Å². The van der Waals surface area contributed by atoms with E-state index in [0.29, 0.717) is 4.99 Å². The zero-order chi connectivity index (χ0) is 17.1. The number of hydrogen-bond acceptors (Lipinski definition) is 4. The van der Waals surface area contributed by atoms with Gasteiger partial charge < -0.3 is 5.73 Å². The van der Waals surface area contributed by atoms with Crippen LogP contribution in [0.15, 0.2) is 24.3 Å². The zero-order valence-electron chi connectivity index (χ0n) is 14.2. The first kappa shape index (κ1) is 17.3. The van der Waals surface area contributed by atoms with Crippen LogP contribution in [0.25, 0.3) is 0 Å². The van der Waals surface area contributed by atoms with Crippen molar-refractivity contribution in [3.05, 3.63) is 29.8 Å². The molecule has 0 atom stereocenters. The summed E-state index contributed by atoms with van der Waals surface area (Å²) in [4.78, 5) is 4.91. The van der Waals surface area contributed by atoms with E-state index in [0.717, 1.165) is 43.6 Å². The molecule has 0 bridgehead atoms. The first-order valence-corrected chi connectivity index (χ1v) is 9.23. The van der Waals surface area contributed by atoms with Crippen LogP contribution in [0.5, 0.6) is 0 Å². The van der Waals surface area contributed by atoms with Crippen LogP contribution in [-0.2, 0) is 0 Å². The van der Waals surface area contributed by atoms with Crippen LogP contribution in [0.4, 0.5) is 5.69 Å². The number of rotatable bonds is 4. The van der Waals surface area contributed by atoms with Gasteiger partial charge in [-0.3, -0.25) is 0 Å². The van der Waals surface area contributed by atoms with Crippen molar-refractivity contribution in [1.82, 2.24) is 4.90 Å². The average molecular weight is 343 g/mol. The normalized spacial score (nSPS) is 20.1. The van der Waals surface area contributed by atoms with Gasteiger partial charge in [-0.1, -0.05) is 12.2 Å².